The summed E-state index contributed by atoms with van der Waals surface area (Å²) in [4.78, 5) is 0. The molecule has 1 atom stereocenters. The fourth-order valence-electron chi connectivity index (χ4n) is 2.48. The van der Waals surface area contributed by atoms with Crippen LogP contribution in [0.1, 0.15) is 22.8 Å². The van der Waals surface area contributed by atoms with Gasteiger partial charge in [0.2, 0.25) is 0 Å². The molecule has 3 nitrogen and oxygen atoms in total. The molecule has 1 unspecified atom stereocenters. The molecule has 0 saturated heterocycles. The van der Waals surface area contributed by atoms with E-state index in [9.17, 15) is 10.2 Å². The zero-order valence-corrected chi connectivity index (χ0v) is 12.6. The second-order valence-corrected chi connectivity index (χ2v) is 5.36. The predicted octanol–water partition coefficient (Wildman–Crippen LogP) is 4.40. The number of hydrogen-bond acceptors (Lipinski definition) is 3. The van der Waals surface area contributed by atoms with Gasteiger partial charge in [0.05, 0.1) is 6.61 Å². The van der Waals surface area contributed by atoms with Crippen LogP contribution in [-0.4, -0.2) is 10.2 Å². The molecule has 3 heteroatoms. The van der Waals surface area contributed by atoms with E-state index in [1.54, 1.807) is 30.3 Å². The van der Waals surface area contributed by atoms with Crippen molar-refractivity contribution >= 4 is 0 Å². The quantitative estimate of drug-likeness (QED) is 0.734. The normalized spacial score (nSPS) is 12.0. The summed E-state index contributed by atoms with van der Waals surface area (Å²) in [6.07, 6.45) is -0.317. The molecule has 0 aliphatic carbocycles. The first-order chi connectivity index (χ1) is 11.2. The standard InChI is InChI=1S/C20H18O3/c21-18-11-9-16(10-12-18)20(17-7-4-8-19(22)13-17)23-14-15-5-2-1-3-6-15/h1-13,20-22H,14H2. The maximum atomic E-state index is 9.74. The molecule has 0 bridgehead atoms. The fraction of sp³-hybridized carbons (Fsp3) is 0.100. The molecule has 0 amide bonds. The smallest absolute Gasteiger partial charge is 0.115 e. The van der Waals surface area contributed by atoms with Gasteiger partial charge in [0.1, 0.15) is 17.6 Å². The number of rotatable bonds is 5. The van der Waals surface area contributed by atoms with Crippen molar-refractivity contribution in [3.63, 3.8) is 0 Å². The van der Waals surface area contributed by atoms with Crippen LogP contribution in [0.15, 0.2) is 78.9 Å². The van der Waals surface area contributed by atoms with Gasteiger partial charge in [0.25, 0.3) is 0 Å². The summed E-state index contributed by atoms with van der Waals surface area (Å²) in [7, 11) is 0. The number of hydrogen-bond donors (Lipinski definition) is 2. The van der Waals surface area contributed by atoms with E-state index in [2.05, 4.69) is 0 Å². The molecule has 0 radical (unpaired) electrons. The molecular weight excluding hydrogens is 288 g/mol. The fourth-order valence-corrected chi connectivity index (χ4v) is 2.48. The van der Waals surface area contributed by atoms with Crippen molar-refractivity contribution in [3.05, 3.63) is 95.6 Å². The Bertz CT molecular complexity index is 751. The molecule has 3 aromatic carbocycles. The number of aromatic hydroxyl groups is 2. The topological polar surface area (TPSA) is 49.7 Å². The van der Waals surface area contributed by atoms with Crippen LogP contribution >= 0.6 is 0 Å². The second-order valence-electron chi connectivity index (χ2n) is 5.36. The Morgan fingerprint density at radius 1 is 0.696 bits per heavy atom. The number of benzene rings is 3. The summed E-state index contributed by atoms with van der Waals surface area (Å²) in [5.41, 5.74) is 2.87. The predicted molar refractivity (Wildman–Crippen MR) is 89.3 cm³/mol. The van der Waals surface area contributed by atoms with Crippen molar-refractivity contribution < 1.29 is 14.9 Å². The lowest BCUT2D eigenvalue weighted by molar-refractivity contribution is 0.0666. The van der Waals surface area contributed by atoms with Crippen LogP contribution < -0.4 is 0 Å². The molecule has 0 saturated carbocycles. The Kier molecular flexibility index (Phi) is 4.60. The van der Waals surface area contributed by atoms with Gasteiger partial charge in [-0.2, -0.15) is 0 Å². The zero-order chi connectivity index (χ0) is 16.1. The maximum absolute atomic E-state index is 9.74. The average Bonchev–Trinajstić information content (AvgIpc) is 2.58. The number of phenolic OH excluding ortho intramolecular Hbond substituents is 2. The Labute approximate surface area is 135 Å². The molecule has 0 fully saturated rings. The van der Waals surface area contributed by atoms with Gasteiger partial charge in [-0.1, -0.05) is 54.6 Å². The monoisotopic (exact) mass is 306 g/mol. The summed E-state index contributed by atoms with van der Waals surface area (Å²) in [5, 5.41) is 19.2. The summed E-state index contributed by atoms with van der Waals surface area (Å²) >= 11 is 0. The minimum atomic E-state index is -0.317. The molecule has 0 spiro atoms. The average molecular weight is 306 g/mol. The van der Waals surface area contributed by atoms with Gasteiger partial charge in [0, 0.05) is 0 Å². The highest BCUT2D eigenvalue weighted by Gasteiger charge is 2.15. The van der Waals surface area contributed by atoms with Crippen molar-refractivity contribution in [3.8, 4) is 11.5 Å². The SMILES string of the molecule is Oc1ccc(C(OCc2ccccc2)c2cccc(O)c2)cc1. The van der Waals surface area contributed by atoms with Crippen molar-refractivity contribution in [2.24, 2.45) is 0 Å². The van der Waals surface area contributed by atoms with Crippen molar-refractivity contribution in [1.29, 1.82) is 0 Å². The van der Waals surface area contributed by atoms with Crippen LogP contribution in [0.25, 0.3) is 0 Å². The second kappa shape index (κ2) is 6.99. The van der Waals surface area contributed by atoms with E-state index in [0.29, 0.717) is 6.61 Å². The first-order valence-corrected chi connectivity index (χ1v) is 7.46. The van der Waals surface area contributed by atoms with Crippen LogP contribution in [0.2, 0.25) is 0 Å². The minimum absolute atomic E-state index is 0.203. The molecule has 0 aromatic heterocycles. The molecule has 116 valence electrons. The third-order valence-corrected chi connectivity index (χ3v) is 3.63. The Morgan fingerprint density at radius 2 is 1.43 bits per heavy atom. The number of ether oxygens (including phenoxy) is 1. The first-order valence-electron chi connectivity index (χ1n) is 7.46. The molecule has 0 aliphatic heterocycles. The van der Waals surface area contributed by atoms with E-state index in [-0.39, 0.29) is 17.6 Å². The van der Waals surface area contributed by atoms with E-state index >= 15 is 0 Å². The summed E-state index contributed by atoms with van der Waals surface area (Å²) in [5.74, 6) is 0.418. The lowest BCUT2D eigenvalue weighted by Gasteiger charge is -2.19. The molecule has 3 rings (SSSR count). The van der Waals surface area contributed by atoms with Crippen LogP contribution in [-0.2, 0) is 11.3 Å². The zero-order valence-electron chi connectivity index (χ0n) is 12.6. The number of phenols is 2. The maximum Gasteiger partial charge on any atom is 0.115 e. The third-order valence-electron chi connectivity index (χ3n) is 3.63. The van der Waals surface area contributed by atoms with Gasteiger partial charge in [0.15, 0.2) is 0 Å². The lowest BCUT2D eigenvalue weighted by atomic mass is 10.0. The van der Waals surface area contributed by atoms with Crippen molar-refractivity contribution in [2.75, 3.05) is 0 Å². The highest BCUT2D eigenvalue weighted by atomic mass is 16.5. The Balaban J connectivity index is 1.88. The molecular formula is C20H18O3. The van der Waals surface area contributed by atoms with Gasteiger partial charge in [-0.25, -0.2) is 0 Å². The van der Waals surface area contributed by atoms with Gasteiger partial charge in [-0.05, 0) is 41.0 Å². The third kappa shape index (κ3) is 3.90. The highest BCUT2D eigenvalue weighted by molar-refractivity contribution is 5.37. The Morgan fingerprint density at radius 3 is 2.13 bits per heavy atom. The van der Waals surface area contributed by atoms with E-state index in [4.69, 9.17) is 4.74 Å². The molecule has 23 heavy (non-hydrogen) atoms. The van der Waals surface area contributed by atoms with E-state index in [0.717, 1.165) is 16.7 Å². The van der Waals surface area contributed by atoms with Crippen molar-refractivity contribution in [2.45, 2.75) is 12.7 Å². The molecule has 2 N–H and O–H groups in total. The van der Waals surface area contributed by atoms with E-state index in [1.165, 1.54) is 0 Å². The minimum Gasteiger partial charge on any atom is -0.508 e. The van der Waals surface area contributed by atoms with Gasteiger partial charge in [-0.3, -0.25) is 0 Å². The molecule has 0 heterocycles. The lowest BCUT2D eigenvalue weighted by Crippen LogP contribution is -2.06. The summed E-state index contributed by atoms with van der Waals surface area (Å²) in [6.45, 7) is 0.460. The molecule has 0 aliphatic rings. The summed E-state index contributed by atoms with van der Waals surface area (Å²) in [6, 6.07) is 23.9. The first kappa shape index (κ1) is 15.1. The van der Waals surface area contributed by atoms with Gasteiger partial charge in [-0.15, -0.1) is 0 Å². The highest BCUT2D eigenvalue weighted by Crippen LogP contribution is 2.30. The van der Waals surface area contributed by atoms with Gasteiger partial charge < -0.3 is 14.9 Å². The Hall–Kier alpha value is -2.78. The van der Waals surface area contributed by atoms with E-state index in [1.807, 2.05) is 48.5 Å². The summed E-state index contributed by atoms with van der Waals surface area (Å²) < 4.78 is 6.10. The largest absolute Gasteiger partial charge is 0.508 e. The van der Waals surface area contributed by atoms with E-state index < -0.39 is 0 Å². The van der Waals surface area contributed by atoms with Gasteiger partial charge >= 0.3 is 0 Å². The van der Waals surface area contributed by atoms with Crippen molar-refractivity contribution in [1.82, 2.24) is 0 Å². The van der Waals surface area contributed by atoms with Crippen LogP contribution in [0.3, 0.4) is 0 Å². The molecule has 3 aromatic rings. The van der Waals surface area contributed by atoms with Crippen LogP contribution in [0, 0.1) is 0 Å². The van der Waals surface area contributed by atoms with Crippen LogP contribution in [0.4, 0.5) is 0 Å². The van der Waals surface area contributed by atoms with Crippen LogP contribution in [0.5, 0.6) is 11.5 Å².